The van der Waals surface area contributed by atoms with E-state index in [0.717, 1.165) is 17.4 Å². The van der Waals surface area contributed by atoms with Gasteiger partial charge in [-0.15, -0.1) is 0 Å². The molecule has 1 unspecified atom stereocenters. The third-order valence-corrected chi connectivity index (χ3v) is 3.64. The molecule has 1 aliphatic heterocycles. The molecule has 1 aliphatic rings. The van der Waals surface area contributed by atoms with Crippen molar-refractivity contribution in [2.45, 2.75) is 19.3 Å². The summed E-state index contributed by atoms with van der Waals surface area (Å²) in [5.74, 6) is 0.653. The minimum Gasteiger partial charge on any atom is -0.489 e. The van der Waals surface area contributed by atoms with Crippen LogP contribution in [-0.2, 0) is 27.5 Å². The highest BCUT2D eigenvalue weighted by Gasteiger charge is 2.19. The predicted octanol–water partition coefficient (Wildman–Crippen LogP) is 3.32. The van der Waals surface area contributed by atoms with Gasteiger partial charge in [0.25, 0.3) is 0 Å². The molecule has 0 radical (unpaired) electrons. The maximum absolute atomic E-state index is 11.0. The summed E-state index contributed by atoms with van der Waals surface area (Å²) in [5.41, 5.74) is 2.62. The quantitative estimate of drug-likeness (QED) is 0.795. The molecule has 0 saturated heterocycles. The molecule has 1 heterocycles. The molecule has 0 aliphatic carbocycles. The summed E-state index contributed by atoms with van der Waals surface area (Å²) in [6.07, 6.45) is 3.79. The van der Waals surface area contributed by atoms with Crippen LogP contribution in [0.1, 0.15) is 11.1 Å². The van der Waals surface area contributed by atoms with Crippen LogP contribution in [0.5, 0.6) is 0 Å². The summed E-state index contributed by atoms with van der Waals surface area (Å²) in [7, 11) is 0. The highest BCUT2D eigenvalue weighted by atomic mass is 16.5. The molecule has 0 amide bonds. The maximum atomic E-state index is 11.0. The molecule has 2 aromatic rings. The first kappa shape index (κ1) is 16.0. The first-order chi connectivity index (χ1) is 11.8. The van der Waals surface area contributed by atoms with Crippen molar-refractivity contribution < 1.29 is 14.3 Å². The number of hydrogen-bond acceptors (Lipinski definition) is 4. The van der Waals surface area contributed by atoms with Crippen molar-refractivity contribution in [2.24, 2.45) is 0 Å². The number of dihydropyridines is 1. The first-order valence-corrected chi connectivity index (χ1v) is 7.81. The lowest BCUT2D eigenvalue weighted by molar-refractivity contribution is -0.105. The molecule has 4 heteroatoms. The van der Waals surface area contributed by atoms with E-state index in [1.165, 1.54) is 0 Å². The van der Waals surface area contributed by atoms with Gasteiger partial charge >= 0.3 is 0 Å². The lowest BCUT2D eigenvalue weighted by atomic mass is 10.2. The average molecular weight is 321 g/mol. The third-order valence-electron chi connectivity index (χ3n) is 3.64. The lowest BCUT2D eigenvalue weighted by Gasteiger charge is -2.23. The van der Waals surface area contributed by atoms with Crippen molar-refractivity contribution in [2.75, 3.05) is 0 Å². The third kappa shape index (κ3) is 4.33. The second-order valence-electron chi connectivity index (χ2n) is 5.42. The van der Waals surface area contributed by atoms with Gasteiger partial charge in [0.2, 0.25) is 0 Å². The van der Waals surface area contributed by atoms with Gasteiger partial charge in [0.15, 0.2) is 6.29 Å². The van der Waals surface area contributed by atoms with Gasteiger partial charge in [0, 0.05) is 6.20 Å². The minimum atomic E-state index is -0.393. The zero-order valence-corrected chi connectivity index (χ0v) is 13.2. The van der Waals surface area contributed by atoms with E-state index in [2.05, 4.69) is 5.32 Å². The molecule has 4 nitrogen and oxygen atoms in total. The Morgan fingerprint density at radius 3 is 2.17 bits per heavy atom. The van der Waals surface area contributed by atoms with Gasteiger partial charge < -0.3 is 14.8 Å². The van der Waals surface area contributed by atoms with E-state index >= 15 is 0 Å². The Bertz CT molecular complexity index is 723. The van der Waals surface area contributed by atoms with Crippen LogP contribution in [0.15, 0.2) is 84.4 Å². The van der Waals surface area contributed by atoms with Crippen molar-refractivity contribution >= 4 is 6.29 Å². The van der Waals surface area contributed by atoms with Crippen LogP contribution in [0.2, 0.25) is 0 Å². The molecule has 1 atom stereocenters. The van der Waals surface area contributed by atoms with Crippen molar-refractivity contribution in [3.8, 4) is 0 Å². The van der Waals surface area contributed by atoms with Gasteiger partial charge in [-0.1, -0.05) is 60.7 Å². The van der Waals surface area contributed by atoms with Crippen molar-refractivity contribution in [3.05, 3.63) is 95.5 Å². The number of allylic oxidation sites excluding steroid dienone is 1. The Kier molecular flexibility index (Phi) is 5.43. The van der Waals surface area contributed by atoms with Crippen molar-refractivity contribution in [1.29, 1.82) is 0 Å². The van der Waals surface area contributed by atoms with E-state index in [0.29, 0.717) is 24.7 Å². The fourth-order valence-corrected chi connectivity index (χ4v) is 2.36. The number of carbonyl (C=O) groups is 1. The fourth-order valence-electron chi connectivity index (χ4n) is 2.36. The lowest BCUT2D eigenvalue weighted by Crippen LogP contribution is -2.25. The number of rotatable bonds is 7. The number of ether oxygens (including phenoxy) is 2. The van der Waals surface area contributed by atoms with Crippen LogP contribution in [-0.4, -0.2) is 12.4 Å². The maximum Gasteiger partial charge on any atom is 0.166 e. The molecule has 0 fully saturated rings. The second kappa shape index (κ2) is 8.13. The van der Waals surface area contributed by atoms with E-state index in [1.807, 2.05) is 60.7 Å². The number of carbonyl (C=O) groups excluding carboxylic acids is 1. The fraction of sp³-hybridized carbons (Fsp3) is 0.150. The monoisotopic (exact) mass is 321 g/mol. The van der Waals surface area contributed by atoms with Crippen molar-refractivity contribution in [1.82, 2.24) is 5.32 Å². The Labute approximate surface area is 141 Å². The van der Waals surface area contributed by atoms with E-state index in [4.69, 9.17) is 9.47 Å². The van der Waals surface area contributed by atoms with Gasteiger partial charge in [-0.3, -0.25) is 4.79 Å². The van der Waals surface area contributed by atoms with E-state index in [9.17, 15) is 4.79 Å². The zero-order chi connectivity index (χ0) is 16.6. The highest BCUT2D eigenvalue weighted by molar-refractivity contribution is 5.73. The number of nitrogens with one attached hydrogen (secondary N) is 1. The summed E-state index contributed by atoms with van der Waals surface area (Å²) in [5, 5.41) is 2.91. The Morgan fingerprint density at radius 2 is 1.54 bits per heavy atom. The van der Waals surface area contributed by atoms with Crippen LogP contribution in [0, 0.1) is 0 Å². The van der Waals surface area contributed by atoms with Crippen LogP contribution < -0.4 is 5.32 Å². The van der Waals surface area contributed by atoms with E-state index < -0.39 is 6.10 Å². The Hall–Kier alpha value is -2.85. The molecular formula is C20H19NO3. The summed E-state index contributed by atoms with van der Waals surface area (Å²) in [6.45, 7) is 0.893. The molecule has 122 valence electrons. The Morgan fingerprint density at radius 1 is 0.917 bits per heavy atom. The van der Waals surface area contributed by atoms with Crippen LogP contribution >= 0.6 is 0 Å². The van der Waals surface area contributed by atoms with Gasteiger partial charge in [-0.2, -0.15) is 0 Å². The summed E-state index contributed by atoms with van der Waals surface area (Å²) >= 11 is 0. The smallest absolute Gasteiger partial charge is 0.166 e. The second-order valence-corrected chi connectivity index (χ2v) is 5.42. The summed E-state index contributed by atoms with van der Waals surface area (Å²) < 4.78 is 11.8. The van der Waals surface area contributed by atoms with Gasteiger partial charge in [0.05, 0.1) is 12.3 Å². The van der Waals surface area contributed by atoms with Crippen LogP contribution in [0.4, 0.5) is 0 Å². The Balaban J connectivity index is 1.64. The van der Waals surface area contributed by atoms with Gasteiger partial charge in [-0.25, -0.2) is 0 Å². The molecule has 2 aromatic carbocycles. The van der Waals surface area contributed by atoms with Crippen LogP contribution in [0.25, 0.3) is 0 Å². The zero-order valence-electron chi connectivity index (χ0n) is 13.2. The highest BCUT2D eigenvalue weighted by Crippen LogP contribution is 2.19. The van der Waals surface area contributed by atoms with Gasteiger partial charge in [0.1, 0.15) is 18.5 Å². The number of hydrogen-bond donors (Lipinski definition) is 1. The first-order valence-electron chi connectivity index (χ1n) is 7.81. The SMILES string of the molecule is O=CC1=CC(OCc2ccccc2)C(OCc2ccccc2)=CN1. The number of aldehydes is 1. The standard InChI is InChI=1S/C20H19NO3/c22-13-18-11-19(23-14-16-7-3-1-4-8-16)20(12-21-18)24-15-17-9-5-2-6-10-17/h1-13,19,21H,14-15H2. The summed E-state index contributed by atoms with van der Waals surface area (Å²) in [6, 6.07) is 19.8. The average Bonchev–Trinajstić information content (AvgIpc) is 2.66. The molecule has 0 spiro atoms. The number of benzene rings is 2. The van der Waals surface area contributed by atoms with Gasteiger partial charge in [-0.05, 0) is 17.2 Å². The van der Waals surface area contributed by atoms with E-state index in [-0.39, 0.29) is 0 Å². The molecular weight excluding hydrogens is 302 g/mol. The largest absolute Gasteiger partial charge is 0.489 e. The summed E-state index contributed by atoms with van der Waals surface area (Å²) in [4.78, 5) is 11.0. The van der Waals surface area contributed by atoms with E-state index in [1.54, 1.807) is 12.3 Å². The minimum absolute atomic E-state index is 0.393. The molecule has 3 rings (SSSR count). The van der Waals surface area contributed by atoms with Crippen LogP contribution in [0.3, 0.4) is 0 Å². The molecule has 0 aromatic heterocycles. The predicted molar refractivity (Wildman–Crippen MR) is 91.6 cm³/mol. The normalized spacial score (nSPS) is 16.6. The van der Waals surface area contributed by atoms with Crippen molar-refractivity contribution in [3.63, 3.8) is 0 Å². The molecule has 1 N–H and O–H groups in total. The molecule has 0 saturated carbocycles. The molecule has 24 heavy (non-hydrogen) atoms. The topological polar surface area (TPSA) is 47.6 Å². The molecule has 0 bridgehead atoms.